The van der Waals surface area contributed by atoms with E-state index >= 15 is 0 Å². The van der Waals surface area contributed by atoms with E-state index in [2.05, 4.69) is 10.4 Å². The number of urea groups is 1. The van der Waals surface area contributed by atoms with Crippen LogP contribution in [0.25, 0.3) is 10.9 Å². The van der Waals surface area contributed by atoms with Gasteiger partial charge in [0.2, 0.25) is 0 Å². The molecule has 2 heterocycles. The normalized spacial score (nSPS) is 18.0. The molecule has 0 radical (unpaired) electrons. The van der Waals surface area contributed by atoms with Crippen LogP contribution in [0.3, 0.4) is 0 Å². The SMILES string of the molecule is CCN1C(=O)C(Cc2cccc3c2cnn3C)(NC(=O)N(C)C)c2cc(C)ccc21. The third kappa shape index (κ3) is 2.93. The molecular weight excluding hydrogens is 378 g/mol. The fourth-order valence-corrected chi connectivity index (χ4v) is 4.30. The topological polar surface area (TPSA) is 70.5 Å². The van der Waals surface area contributed by atoms with Crippen LogP contribution in [0.5, 0.6) is 0 Å². The number of hydrogen-bond donors (Lipinski definition) is 1. The quantitative estimate of drug-likeness (QED) is 0.726. The smallest absolute Gasteiger partial charge is 0.318 e. The number of hydrogen-bond acceptors (Lipinski definition) is 3. The third-order valence-corrected chi connectivity index (χ3v) is 5.89. The van der Waals surface area contributed by atoms with Crippen LogP contribution in [0.15, 0.2) is 42.6 Å². The summed E-state index contributed by atoms with van der Waals surface area (Å²) in [6, 6.07) is 11.7. The number of aromatic nitrogens is 2. The van der Waals surface area contributed by atoms with Crippen molar-refractivity contribution in [3.05, 3.63) is 59.3 Å². The van der Waals surface area contributed by atoms with E-state index in [9.17, 15) is 9.59 Å². The highest BCUT2D eigenvalue weighted by Gasteiger charge is 2.52. The first kappa shape index (κ1) is 19.9. The molecule has 1 unspecified atom stereocenters. The zero-order valence-electron chi connectivity index (χ0n) is 18.1. The predicted molar refractivity (Wildman–Crippen MR) is 118 cm³/mol. The van der Waals surface area contributed by atoms with E-state index in [4.69, 9.17) is 0 Å². The van der Waals surface area contributed by atoms with Gasteiger partial charge in [-0.2, -0.15) is 5.10 Å². The Morgan fingerprint density at radius 1 is 1.23 bits per heavy atom. The van der Waals surface area contributed by atoms with Crippen molar-refractivity contribution in [2.75, 3.05) is 25.5 Å². The van der Waals surface area contributed by atoms with Gasteiger partial charge >= 0.3 is 6.03 Å². The molecule has 1 aromatic heterocycles. The molecule has 0 bridgehead atoms. The molecule has 0 fully saturated rings. The van der Waals surface area contributed by atoms with Crippen LogP contribution in [0.4, 0.5) is 10.5 Å². The number of rotatable bonds is 4. The van der Waals surface area contributed by atoms with Gasteiger partial charge in [-0.15, -0.1) is 0 Å². The van der Waals surface area contributed by atoms with Crippen LogP contribution < -0.4 is 10.2 Å². The molecule has 2 aromatic carbocycles. The van der Waals surface area contributed by atoms with Crippen molar-refractivity contribution in [3.63, 3.8) is 0 Å². The number of benzene rings is 2. The van der Waals surface area contributed by atoms with Gasteiger partial charge in [-0.05, 0) is 31.5 Å². The molecule has 1 atom stereocenters. The number of nitrogens with one attached hydrogen (secondary N) is 1. The fraction of sp³-hybridized carbons (Fsp3) is 0.348. The number of carbonyl (C=O) groups is 2. The van der Waals surface area contributed by atoms with Crippen LogP contribution in [0.2, 0.25) is 0 Å². The molecule has 7 nitrogen and oxygen atoms in total. The monoisotopic (exact) mass is 405 g/mol. The Labute approximate surface area is 176 Å². The number of anilines is 1. The molecule has 4 rings (SSSR count). The lowest BCUT2D eigenvalue weighted by Crippen LogP contribution is -2.56. The summed E-state index contributed by atoms with van der Waals surface area (Å²) in [6.45, 7) is 4.48. The van der Waals surface area contributed by atoms with Gasteiger partial charge < -0.3 is 15.1 Å². The van der Waals surface area contributed by atoms with Gasteiger partial charge in [0.15, 0.2) is 5.54 Å². The first-order valence-electron chi connectivity index (χ1n) is 10.1. The average molecular weight is 406 g/mol. The van der Waals surface area contributed by atoms with Gasteiger partial charge in [0, 0.05) is 50.7 Å². The lowest BCUT2D eigenvalue weighted by molar-refractivity contribution is -0.124. The molecule has 30 heavy (non-hydrogen) atoms. The minimum absolute atomic E-state index is 0.110. The summed E-state index contributed by atoms with van der Waals surface area (Å²) in [5.41, 5.74) is 3.52. The molecule has 0 saturated heterocycles. The number of fused-ring (bicyclic) bond motifs is 2. The van der Waals surface area contributed by atoms with Gasteiger partial charge in [-0.25, -0.2) is 4.79 Å². The van der Waals surface area contributed by atoms with Crippen molar-refractivity contribution in [1.82, 2.24) is 20.0 Å². The van der Waals surface area contributed by atoms with E-state index in [1.54, 1.807) is 19.0 Å². The molecule has 1 aliphatic rings. The van der Waals surface area contributed by atoms with E-state index < -0.39 is 5.54 Å². The van der Waals surface area contributed by atoms with E-state index in [0.29, 0.717) is 13.0 Å². The van der Waals surface area contributed by atoms with E-state index in [1.807, 2.05) is 68.2 Å². The van der Waals surface area contributed by atoms with Crippen LogP contribution in [-0.2, 0) is 23.8 Å². The third-order valence-electron chi connectivity index (χ3n) is 5.89. The highest BCUT2D eigenvalue weighted by molar-refractivity contribution is 6.09. The maximum absolute atomic E-state index is 13.8. The molecule has 0 aliphatic carbocycles. The molecule has 3 aromatic rings. The summed E-state index contributed by atoms with van der Waals surface area (Å²) < 4.78 is 1.82. The van der Waals surface area contributed by atoms with Crippen molar-refractivity contribution >= 4 is 28.5 Å². The largest absolute Gasteiger partial charge is 0.331 e. The van der Waals surface area contributed by atoms with Gasteiger partial charge in [-0.1, -0.05) is 29.8 Å². The predicted octanol–water partition coefficient (Wildman–Crippen LogP) is 2.96. The minimum atomic E-state index is -1.18. The Hall–Kier alpha value is -3.35. The van der Waals surface area contributed by atoms with Crippen molar-refractivity contribution in [2.24, 2.45) is 7.05 Å². The van der Waals surface area contributed by atoms with Crippen LogP contribution in [0.1, 0.15) is 23.6 Å². The molecule has 1 aliphatic heterocycles. The average Bonchev–Trinajstić information content (AvgIpc) is 3.19. The molecule has 1 N–H and O–H groups in total. The standard InChI is InChI=1S/C23H27N5O2/c1-6-28-20-11-10-15(2)12-18(20)23(21(28)29,25-22(30)26(3)4)13-16-8-7-9-19-17(16)14-24-27(19)5/h7-12,14H,6,13H2,1-5H3,(H,25,30). The molecular formula is C23H27N5O2. The summed E-state index contributed by atoms with van der Waals surface area (Å²) in [4.78, 5) is 29.8. The van der Waals surface area contributed by atoms with Crippen LogP contribution in [-0.4, -0.2) is 47.3 Å². The minimum Gasteiger partial charge on any atom is -0.331 e. The number of likely N-dealkylation sites (N-methyl/N-ethyl adjacent to an activating group) is 1. The molecule has 0 saturated carbocycles. The van der Waals surface area contributed by atoms with Crippen LogP contribution in [0, 0.1) is 6.92 Å². The van der Waals surface area contributed by atoms with Crippen LogP contribution >= 0.6 is 0 Å². The number of carbonyl (C=O) groups excluding carboxylic acids is 2. The summed E-state index contributed by atoms with van der Waals surface area (Å²) >= 11 is 0. The second-order valence-corrected chi connectivity index (χ2v) is 8.09. The van der Waals surface area contributed by atoms with Gasteiger partial charge in [-0.3, -0.25) is 9.48 Å². The summed E-state index contributed by atoms with van der Waals surface area (Å²) in [5.74, 6) is -0.110. The molecule has 156 valence electrons. The van der Waals surface area contributed by atoms with Gasteiger partial charge in [0.05, 0.1) is 11.7 Å². The second kappa shape index (κ2) is 7.16. The lowest BCUT2D eigenvalue weighted by Gasteiger charge is -2.31. The number of aryl methyl sites for hydroxylation is 2. The van der Waals surface area contributed by atoms with Crippen molar-refractivity contribution in [3.8, 4) is 0 Å². The second-order valence-electron chi connectivity index (χ2n) is 8.09. The van der Waals surface area contributed by atoms with Gasteiger partial charge in [0.25, 0.3) is 5.91 Å². The zero-order valence-corrected chi connectivity index (χ0v) is 18.1. The highest BCUT2D eigenvalue weighted by atomic mass is 16.2. The maximum Gasteiger partial charge on any atom is 0.318 e. The molecule has 0 spiro atoms. The first-order valence-corrected chi connectivity index (χ1v) is 10.1. The molecule has 7 heteroatoms. The van der Waals surface area contributed by atoms with E-state index in [0.717, 1.165) is 33.3 Å². The van der Waals surface area contributed by atoms with Crippen molar-refractivity contribution < 1.29 is 9.59 Å². The highest BCUT2D eigenvalue weighted by Crippen LogP contribution is 2.43. The Bertz CT molecular complexity index is 1150. The van der Waals surface area contributed by atoms with E-state index in [1.165, 1.54) is 4.90 Å². The van der Waals surface area contributed by atoms with Gasteiger partial charge in [0.1, 0.15) is 0 Å². The zero-order chi connectivity index (χ0) is 21.6. The maximum atomic E-state index is 13.8. The summed E-state index contributed by atoms with van der Waals surface area (Å²) in [5, 5.41) is 8.44. The Morgan fingerprint density at radius 3 is 2.70 bits per heavy atom. The number of nitrogens with zero attached hydrogens (tertiary/aromatic N) is 4. The van der Waals surface area contributed by atoms with Crippen molar-refractivity contribution in [1.29, 1.82) is 0 Å². The Kier molecular flexibility index (Phi) is 4.76. The van der Waals surface area contributed by atoms with E-state index in [-0.39, 0.29) is 11.9 Å². The van der Waals surface area contributed by atoms with Crippen molar-refractivity contribution in [2.45, 2.75) is 25.8 Å². The lowest BCUT2D eigenvalue weighted by atomic mass is 9.83. The summed E-state index contributed by atoms with van der Waals surface area (Å²) in [6.07, 6.45) is 2.17. The number of amides is 3. The molecule has 3 amide bonds. The Balaban J connectivity index is 1.93. The fourth-order valence-electron chi connectivity index (χ4n) is 4.30. The summed E-state index contributed by atoms with van der Waals surface area (Å²) in [7, 11) is 5.26. The Morgan fingerprint density at radius 2 is 2.00 bits per heavy atom. The first-order chi connectivity index (χ1) is 14.3.